The van der Waals surface area contributed by atoms with Crippen LogP contribution < -0.4 is 11.7 Å². The second kappa shape index (κ2) is 8.85. The molecule has 0 saturated heterocycles. The fraction of sp³-hybridized carbons (Fsp3) is 0.562. The molecule has 22 heavy (non-hydrogen) atoms. The van der Waals surface area contributed by atoms with E-state index in [1.54, 1.807) is 0 Å². The fourth-order valence-corrected chi connectivity index (χ4v) is 2.13. The summed E-state index contributed by atoms with van der Waals surface area (Å²) in [5.41, 5.74) is 2.65. The van der Waals surface area contributed by atoms with E-state index >= 15 is 0 Å². The van der Waals surface area contributed by atoms with E-state index in [4.69, 9.17) is 11.7 Å². The smallest absolute Gasteiger partial charge is 0.265 e. The van der Waals surface area contributed by atoms with Gasteiger partial charge in [-0.15, -0.1) is 0 Å². The number of nitrogens with two attached hydrogens (primary N) is 2. The number of rotatable bonds is 8. The van der Waals surface area contributed by atoms with Crippen molar-refractivity contribution in [2.75, 3.05) is 33.7 Å². The fourth-order valence-electron chi connectivity index (χ4n) is 2.13. The first-order valence-corrected chi connectivity index (χ1v) is 7.58. The summed E-state index contributed by atoms with van der Waals surface area (Å²) in [6.07, 6.45) is 0. The van der Waals surface area contributed by atoms with Gasteiger partial charge in [0.1, 0.15) is 0 Å². The Bertz CT molecular complexity index is 458. The van der Waals surface area contributed by atoms with Gasteiger partial charge in [0.05, 0.1) is 6.54 Å². The topological polar surface area (TPSA) is 78.8 Å². The zero-order valence-electron chi connectivity index (χ0n) is 14.1. The maximum atomic E-state index is 11.4. The summed E-state index contributed by atoms with van der Waals surface area (Å²) in [4.78, 5) is 15.5. The van der Waals surface area contributed by atoms with Crippen molar-refractivity contribution in [1.29, 1.82) is 0 Å². The summed E-state index contributed by atoms with van der Waals surface area (Å²) < 4.78 is 0. The van der Waals surface area contributed by atoms with Crippen LogP contribution in [0.2, 0.25) is 0 Å². The molecule has 0 radical (unpaired) electrons. The van der Waals surface area contributed by atoms with E-state index in [0.29, 0.717) is 11.0 Å². The van der Waals surface area contributed by atoms with Crippen LogP contribution in [0.25, 0.3) is 0 Å². The number of carbonyl (C=O) groups is 1. The lowest BCUT2D eigenvalue weighted by atomic mass is 10.0. The van der Waals surface area contributed by atoms with Crippen LogP contribution in [-0.4, -0.2) is 54.6 Å². The molecule has 0 saturated carbocycles. The molecular formula is C16H29N5O. The molecule has 6 nitrogen and oxygen atoms in total. The number of nitrogens with zero attached hydrogens (tertiary/aromatic N) is 3. The molecule has 1 aromatic carbocycles. The number of likely N-dealkylation sites (N-methyl/N-ethyl adjacent to an activating group) is 2. The Labute approximate surface area is 133 Å². The van der Waals surface area contributed by atoms with Crippen LogP contribution in [0.15, 0.2) is 24.3 Å². The Hall–Kier alpha value is -1.47. The van der Waals surface area contributed by atoms with Gasteiger partial charge in [0.15, 0.2) is 0 Å². The summed E-state index contributed by atoms with van der Waals surface area (Å²) >= 11 is 0. The van der Waals surface area contributed by atoms with Gasteiger partial charge >= 0.3 is 0 Å². The summed E-state index contributed by atoms with van der Waals surface area (Å²) in [6.45, 7) is 7.15. The maximum Gasteiger partial charge on any atom is 0.265 e. The third-order valence-corrected chi connectivity index (χ3v) is 3.66. The van der Waals surface area contributed by atoms with Crippen molar-refractivity contribution in [2.24, 2.45) is 11.7 Å². The molecular weight excluding hydrogens is 278 g/mol. The van der Waals surface area contributed by atoms with E-state index in [2.05, 4.69) is 50.1 Å². The van der Waals surface area contributed by atoms with Crippen molar-refractivity contribution in [1.82, 2.24) is 14.9 Å². The SMILES string of the molecule is CC(C)c1ccc(CN(C)CCN(C)CC(=O)N(N)N)cc1. The molecule has 6 heteroatoms. The van der Waals surface area contributed by atoms with Gasteiger partial charge in [0.2, 0.25) is 0 Å². The third kappa shape index (κ3) is 6.53. The number of amides is 1. The van der Waals surface area contributed by atoms with E-state index in [-0.39, 0.29) is 12.5 Å². The minimum atomic E-state index is -0.297. The van der Waals surface area contributed by atoms with E-state index in [9.17, 15) is 4.79 Å². The van der Waals surface area contributed by atoms with Crippen LogP contribution in [0.1, 0.15) is 30.9 Å². The van der Waals surface area contributed by atoms with Crippen molar-refractivity contribution in [2.45, 2.75) is 26.3 Å². The summed E-state index contributed by atoms with van der Waals surface area (Å²) in [6, 6.07) is 8.74. The van der Waals surface area contributed by atoms with Crippen LogP contribution >= 0.6 is 0 Å². The first-order chi connectivity index (χ1) is 10.3. The predicted molar refractivity (Wildman–Crippen MR) is 89.6 cm³/mol. The molecule has 124 valence electrons. The van der Waals surface area contributed by atoms with Crippen LogP contribution in [0, 0.1) is 0 Å². The summed E-state index contributed by atoms with van der Waals surface area (Å²) in [7, 11) is 3.96. The molecule has 0 heterocycles. The second-order valence-electron chi connectivity index (χ2n) is 6.17. The van der Waals surface area contributed by atoms with Gasteiger partial charge in [-0.3, -0.25) is 9.69 Å². The predicted octanol–water partition coefficient (Wildman–Crippen LogP) is 0.750. The normalized spacial score (nSPS) is 11.5. The molecule has 1 rings (SSSR count). The highest BCUT2D eigenvalue weighted by molar-refractivity contribution is 5.76. The Balaban J connectivity index is 2.36. The van der Waals surface area contributed by atoms with Crippen LogP contribution in [0.4, 0.5) is 0 Å². The quantitative estimate of drug-likeness (QED) is 0.421. The molecule has 1 amide bonds. The molecule has 4 N–H and O–H groups in total. The highest BCUT2D eigenvalue weighted by Crippen LogP contribution is 2.15. The van der Waals surface area contributed by atoms with Crippen LogP contribution in [0.5, 0.6) is 0 Å². The van der Waals surface area contributed by atoms with Gasteiger partial charge in [-0.25, -0.2) is 16.8 Å². The Morgan fingerprint density at radius 2 is 1.59 bits per heavy atom. The standard InChI is InChI=1S/C16H29N5O/c1-13(2)15-7-5-14(6-8-15)11-19(3)9-10-20(4)12-16(22)21(17)18/h5-8,13H,9-12,17-18H2,1-4H3. The van der Waals surface area contributed by atoms with Gasteiger partial charge in [0, 0.05) is 19.6 Å². The Morgan fingerprint density at radius 1 is 1.05 bits per heavy atom. The van der Waals surface area contributed by atoms with Crippen LogP contribution in [0.3, 0.4) is 0 Å². The van der Waals surface area contributed by atoms with Crippen molar-refractivity contribution in [3.05, 3.63) is 35.4 Å². The average molecular weight is 307 g/mol. The van der Waals surface area contributed by atoms with E-state index < -0.39 is 0 Å². The van der Waals surface area contributed by atoms with Crippen molar-refractivity contribution in [3.63, 3.8) is 0 Å². The molecule has 0 aromatic heterocycles. The third-order valence-electron chi connectivity index (χ3n) is 3.66. The first-order valence-electron chi connectivity index (χ1n) is 7.58. The van der Waals surface area contributed by atoms with Gasteiger partial charge in [0.25, 0.3) is 5.91 Å². The van der Waals surface area contributed by atoms with Crippen LogP contribution in [-0.2, 0) is 11.3 Å². The number of hydrazine groups is 2. The zero-order chi connectivity index (χ0) is 16.7. The number of hydrogen-bond donors (Lipinski definition) is 2. The molecule has 0 bridgehead atoms. The summed E-state index contributed by atoms with van der Waals surface area (Å²) in [5.74, 6) is 10.7. The van der Waals surface area contributed by atoms with Gasteiger partial charge in [-0.2, -0.15) is 0 Å². The minimum Gasteiger partial charge on any atom is -0.301 e. The monoisotopic (exact) mass is 307 g/mol. The van der Waals surface area contributed by atoms with E-state index in [0.717, 1.165) is 19.6 Å². The molecule has 1 aromatic rings. The molecule has 0 atom stereocenters. The second-order valence-corrected chi connectivity index (χ2v) is 6.17. The Morgan fingerprint density at radius 3 is 2.09 bits per heavy atom. The van der Waals surface area contributed by atoms with E-state index in [1.165, 1.54) is 11.1 Å². The molecule has 0 aliphatic carbocycles. The molecule has 0 unspecified atom stereocenters. The Kier molecular flexibility index (Phi) is 7.47. The zero-order valence-corrected chi connectivity index (χ0v) is 14.1. The lowest BCUT2D eigenvalue weighted by Gasteiger charge is -2.22. The average Bonchev–Trinajstić information content (AvgIpc) is 2.45. The summed E-state index contributed by atoms with van der Waals surface area (Å²) in [5, 5.41) is 0.635. The number of benzene rings is 1. The number of hydrogen-bond acceptors (Lipinski definition) is 5. The molecule has 0 fully saturated rings. The highest BCUT2D eigenvalue weighted by atomic mass is 16.2. The lowest BCUT2D eigenvalue weighted by molar-refractivity contribution is -0.132. The molecule has 0 aliphatic heterocycles. The van der Waals surface area contributed by atoms with Gasteiger partial charge in [-0.05, 0) is 31.1 Å². The lowest BCUT2D eigenvalue weighted by Crippen LogP contribution is -2.48. The van der Waals surface area contributed by atoms with E-state index in [1.807, 2.05) is 11.9 Å². The molecule has 0 aliphatic rings. The minimum absolute atomic E-state index is 0.226. The largest absolute Gasteiger partial charge is 0.301 e. The van der Waals surface area contributed by atoms with Crippen molar-refractivity contribution >= 4 is 5.91 Å². The molecule has 0 spiro atoms. The van der Waals surface area contributed by atoms with Gasteiger partial charge in [-0.1, -0.05) is 38.1 Å². The first kappa shape index (κ1) is 18.6. The van der Waals surface area contributed by atoms with Crippen molar-refractivity contribution < 1.29 is 4.79 Å². The highest BCUT2D eigenvalue weighted by Gasteiger charge is 2.10. The maximum absolute atomic E-state index is 11.4. The number of carbonyl (C=O) groups excluding carboxylic acids is 1. The van der Waals surface area contributed by atoms with Gasteiger partial charge < -0.3 is 4.90 Å². The van der Waals surface area contributed by atoms with Crippen molar-refractivity contribution in [3.8, 4) is 0 Å².